The van der Waals surface area contributed by atoms with Crippen LogP contribution in [0.3, 0.4) is 0 Å². The highest BCUT2D eigenvalue weighted by Crippen LogP contribution is 2.49. The molecule has 3 aromatic carbocycles. The lowest BCUT2D eigenvalue weighted by Crippen LogP contribution is -2.45. The molecule has 39 heavy (non-hydrogen) atoms. The molecule has 1 aliphatic rings. The Morgan fingerprint density at radius 2 is 1.49 bits per heavy atom. The number of carboxylic acid groups (broad SMARTS) is 2. The van der Waals surface area contributed by atoms with Crippen LogP contribution < -0.4 is 4.74 Å². The van der Waals surface area contributed by atoms with Crippen molar-refractivity contribution < 1.29 is 34.8 Å². The van der Waals surface area contributed by atoms with Crippen molar-refractivity contribution in [3.63, 3.8) is 0 Å². The van der Waals surface area contributed by atoms with E-state index in [1.807, 2.05) is 0 Å². The van der Waals surface area contributed by atoms with E-state index in [1.165, 1.54) is 67.0 Å². The number of piperidine rings is 1. The number of fused-ring (bicyclic) bond motifs is 1. The van der Waals surface area contributed by atoms with Crippen molar-refractivity contribution in [1.29, 1.82) is 0 Å². The molecule has 9 heteroatoms. The van der Waals surface area contributed by atoms with Crippen LogP contribution in [0, 0.1) is 0 Å². The first kappa shape index (κ1) is 26.5. The van der Waals surface area contributed by atoms with E-state index >= 15 is 0 Å². The van der Waals surface area contributed by atoms with Gasteiger partial charge in [0, 0.05) is 21.7 Å². The number of aromatic hydroxyl groups is 2. The number of hydrogen-bond donors (Lipinski definition) is 4. The Morgan fingerprint density at radius 1 is 0.846 bits per heavy atom. The molecule has 202 valence electrons. The average Bonchev–Trinajstić information content (AvgIpc) is 3.29. The molecule has 1 fully saturated rings. The molecule has 0 bridgehead atoms. The lowest BCUT2D eigenvalue weighted by atomic mass is 9.72. The van der Waals surface area contributed by atoms with Crippen LogP contribution in [0.2, 0.25) is 0 Å². The van der Waals surface area contributed by atoms with Crippen molar-refractivity contribution in [1.82, 2.24) is 4.90 Å². The summed E-state index contributed by atoms with van der Waals surface area (Å²) in [4.78, 5) is 28.8. The summed E-state index contributed by atoms with van der Waals surface area (Å²) in [6.07, 6.45) is 3.62. The van der Waals surface area contributed by atoms with Gasteiger partial charge in [0.05, 0.1) is 0 Å². The molecule has 0 amide bonds. The Hall–Kier alpha value is -4.08. The molecule has 1 aromatic heterocycles. The number of carbonyl (C=O) groups is 2. The number of phenolic OH excluding ortho intramolecular Hbond substituents is 2. The van der Waals surface area contributed by atoms with Crippen LogP contribution in [-0.2, 0) is 15.0 Å². The van der Waals surface area contributed by atoms with E-state index in [2.05, 4.69) is 4.90 Å². The number of aliphatic carboxylic acids is 2. The first-order valence-electron chi connectivity index (χ1n) is 12.8. The van der Waals surface area contributed by atoms with Gasteiger partial charge in [0.2, 0.25) is 5.41 Å². The van der Waals surface area contributed by atoms with E-state index in [1.54, 1.807) is 30.3 Å². The zero-order valence-electron chi connectivity index (χ0n) is 21.2. The minimum absolute atomic E-state index is 0.0186. The number of phenols is 2. The molecule has 4 aromatic rings. The van der Waals surface area contributed by atoms with Crippen LogP contribution in [0.5, 0.6) is 17.2 Å². The van der Waals surface area contributed by atoms with Gasteiger partial charge >= 0.3 is 11.9 Å². The lowest BCUT2D eigenvalue weighted by molar-refractivity contribution is -0.155. The van der Waals surface area contributed by atoms with Gasteiger partial charge in [0.25, 0.3) is 0 Å². The molecule has 2 heterocycles. The molecule has 0 radical (unpaired) electrons. The molecule has 1 saturated heterocycles. The van der Waals surface area contributed by atoms with Crippen molar-refractivity contribution in [3.05, 3.63) is 77.9 Å². The number of nitrogens with zero attached hydrogens (tertiary/aromatic N) is 1. The second-order valence-electron chi connectivity index (χ2n) is 9.67. The van der Waals surface area contributed by atoms with Gasteiger partial charge in [0.1, 0.15) is 23.9 Å². The summed E-state index contributed by atoms with van der Waals surface area (Å²) in [5.41, 5.74) is -1.74. The third kappa shape index (κ3) is 5.03. The summed E-state index contributed by atoms with van der Waals surface area (Å²) in [6.45, 7) is 3.38. The maximum atomic E-state index is 13.0. The molecule has 8 nitrogen and oxygen atoms in total. The normalized spacial score (nSPS) is 14.4. The zero-order valence-corrected chi connectivity index (χ0v) is 22.0. The van der Waals surface area contributed by atoms with Gasteiger partial charge in [-0.1, -0.05) is 18.6 Å². The van der Waals surface area contributed by atoms with Crippen molar-refractivity contribution in [2.75, 3.05) is 26.2 Å². The van der Waals surface area contributed by atoms with Crippen molar-refractivity contribution in [2.45, 2.75) is 24.7 Å². The summed E-state index contributed by atoms with van der Waals surface area (Å²) >= 11 is 1.18. The summed E-state index contributed by atoms with van der Waals surface area (Å²) in [5.74, 6) is -2.55. The van der Waals surface area contributed by atoms with Crippen LogP contribution in [0.1, 0.15) is 30.4 Å². The monoisotopic (exact) mass is 547 g/mol. The minimum Gasteiger partial charge on any atom is -0.508 e. The fourth-order valence-electron chi connectivity index (χ4n) is 5.25. The Bertz CT molecular complexity index is 1470. The maximum Gasteiger partial charge on any atom is 0.330 e. The first-order chi connectivity index (χ1) is 18.8. The predicted molar refractivity (Wildman–Crippen MR) is 149 cm³/mol. The van der Waals surface area contributed by atoms with Gasteiger partial charge in [0.15, 0.2) is 0 Å². The zero-order chi connectivity index (χ0) is 27.6. The highest BCUT2D eigenvalue weighted by atomic mass is 32.1. The average molecular weight is 548 g/mol. The summed E-state index contributed by atoms with van der Waals surface area (Å²) in [5, 5.41) is 41.5. The van der Waals surface area contributed by atoms with Crippen LogP contribution in [0.4, 0.5) is 0 Å². The molecule has 5 rings (SSSR count). The maximum absolute atomic E-state index is 13.0. The van der Waals surface area contributed by atoms with E-state index in [9.17, 15) is 30.0 Å². The quantitative estimate of drug-likeness (QED) is 0.208. The van der Waals surface area contributed by atoms with Gasteiger partial charge in [-0.15, -0.1) is 11.3 Å². The number of likely N-dealkylation sites (tertiary alicyclic amines) is 1. The van der Waals surface area contributed by atoms with Crippen molar-refractivity contribution in [3.8, 4) is 27.7 Å². The molecule has 0 spiro atoms. The number of benzene rings is 3. The van der Waals surface area contributed by atoms with Crippen LogP contribution in [0.25, 0.3) is 20.5 Å². The van der Waals surface area contributed by atoms with E-state index in [4.69, 9.17) is 4.74 Å². The summed E-state index contributed by atoms with van der Waals surface area (Å²) in [6, 6.07) is 16.8. The van der Waals surface area contributed by atoms with Crippen molar-refractivity contribution >= 4 is 33.4 Å². The number of ether oxygens (including phenoxy) is 1. The lowest BCUT2D eigenvalue weighted by Gasteiger charge is -2.28. The topological polar surface area (TPSA) is 128 Å². The highest BCUT2D eigenvalue weighted by Gasteiger charge is 2.53. The van der Waals surface area contributed by atoms with Gasteiger partial charge in [-0.3, -0.25) is 14.5 Å². The van der Waals surface area contributed by atoms with E-state index in [0.717, 1.165) is 19.6 Å². The highest BCUT2D eigenvalue weighted by molar-refractivity contribution is 7.22. The Morgan fingerprint density at radius 3 is 2.13 bits per heavy atom. The van der Waals surface area contributed by atoms with Gasteiger partial charge in [-0.25, -0.2) is 0 Å². The second-order valence-corrected chi connectivity index (χ2v) is 10.7. The molecule has 0 atom stereocenters. The molecule has 0 unspecified atom stereocenters. The van der Waals surface area contributed by atoms with Crippen molar-refractivity contribution in [2.24, 2.45) is 0 Å². The minimum atomic E-state index is -2.45. The molecule has 0 aliphatic carbocycles. The second kappa shape index (κ2) is 11.0. The molecular weight excluding hydrogens is 518 g/mol. The van der Waals surface area contributed by atoms with Crippen LogP contribution >= 0.6 is 11.3 Å². The summed E-state index contributed by atoms with van der Waals surface area (Å²) in [7, 11) is 0. The number of thiophene rings is 1. The van der Waals surface area contributed by atoms with Crippen LogP contribution in [-0.4, -0.2) is 63.5 Å². The molecule has 4 N–H and O–H groups in total. The predicted octanol–water partition coefficient (Wildman–Crippen LogP) is 5.30. The molecule has 0 saturated carbocycles. The van der Waals surface area contributed by atoms with Gasteiger partial charge in [-0.2, -0.15) is 0 Å². The van der Waals surface area contributed by atoms with Gasteiger partial charge < -0.3 is 25.2 Å². The number of rotatable bonds is 9. The molecule has 1 aliphatic heterocycles. The third-order valence-electron chi connectivity index (χ3n) is 7.23. The van der Waals surface area contributed by atoms with E-state index in [-0.39, 0.29) is 22.6 Å². The smallest absolute Gasteiger partial charge is 0.330 e. The van der Waals surface area contributed by atoms with E-state index in [0.29, 0.717) is 32.9 Å². The fourth-order valence-corrected chi connectivity index (χ4v) is 6.55. The Kier molecular flexibility index (Phi) is 7.45. The first-order valence-corrected chi connectivity index (χ1v) is 13.6. The van der Waals surface area contributed by atoms with E-state index < -0.39 is 17.4 Å². The molecular formula is C30H29NO7S. The SMILES string of the molecule is O=C(O)C(C(=O)O)(c1ccc(OCCN2CCCCC2)cc1)c1c(-c2ccc(O)cc2)sc2cc(O)ccc12. The Labute approximate surface area is 229 Å². The number of carboxylic acids is 2. The van der Waals surface area contributed by atoms with Crippen LogP contribution in [0.15, 0.2) is 66.7 Å². The van der Waals surface area contributed by atoms with Gasteiger partial charge in [-0.05, 0) is 97.0 Å². The standard InChI is InChI=1S/C30H29NO7S/c32-21-8-4-19(5-9-21)27-26(24-13-10-22(33)18-25(24)39-27)30(28(34)35,29(36)37)20-6-11-23(12-7-20)38-17-16-31-14-2-1-3-15-31/h4-13,18,32-33H,1-3,14-17H2,(H,34,35)(H,36,37). The summed E-state index contributed by atoms with van der Waals surface area (Å²) < 4.78 is 6.43. The Balaban J connectivity index is 1.58. The number of hydrogen-bond acceptors (Lipinski definition) is 7. The fraction of sp³-hybridized carbons (Fsp3) is 0.267. The largest absolute Gasteiger partial charge is 0.508 e. The third-order valence-corrected chi connectivity index (χ3v) is 8.43.